The van der Waals surface area contributed by atoms with Gasteiger partial charge in [-0.1, -0.05) is 18.2 Å². The first kappa shape index (κ1) is 14.8. The van der Waals surface area contributed by atoms with Gasteiger partial charge in [-0.15, -0.1) is 0 Å². The van der Waals surface area contributed by atoms with E-state index in [-0.39, 0.29) is 28.6 Å². The largest absolute Gasteiger partial charge is 0.347 e. The molecular formula is C18H22N2O2. The van der Waals surface area contributed by atoms with Crippen molar-refractivity contribution in [1.29, 1.82) is 0 Å². The summed E-state index contributed by atoms with van der Waals surface area (Å²) in [5.74, 6) is -0.300. The quantitative estimate of drug-likeness (QED) is 0.879. The van der Waals surface area contributed by atoms with Crippen LogP contribution >= 0.6 is 0 Å². The fourth-order valence-electron chi connectivity index (χ4n) is 3.16. The van der Waals surface area contributed by atoms with Crippen LogP contribution in [0.15, 0.2) is 29.1 Å². The number of carbonyl (C=O) groups excluding carboxylic acids is 1. The normalized spacial score (nSPS) is 17.5. The number of benzene rings is 1. The molecular weight excluding hydrogens is 276 g/mol. The Bertz CT molecular complexity index is 812. The Kier molecular flexibility index (Phi) is 3.35. The number of carbonyl (C=O) groups is 1. The third kappa shape index (κ3) is 2.43. The summed E-state index contributed by atoms with van der Waals surface area (Å²) in [6.45, 7) is 7.78. The van der Waals surface area contributed by atoms with Crippen LogP contribution in [0.2, 0.25) is 0 Å². The Balaban J connectivity index is 2.25. The smallest absolute Gasteiger partial charge is 0.264 e. The SMILES string of the molecule is CC1CCc2cccc3cc(C(=O)NC(C)(C)C)c(=O)n1c23. The highest BCUT2D eigenvalue weighted by atomic mass is 16.2. The summed E-state index contributed by atoms with van der Waals surface area (Å²) in [7, 11) is 0. The average molecular weight is 298 g/mol. The molecule has 2 heterocycles. The van der Waals surface area contributed by atoms with Crippen LogP contribution in [0.5, 0.6) is 0 Å². The van der Waals surface area contributed by atoms with E-state index in [4.69, 9.17) is 0 Å². The van der Waals surface area contributed by atoms with Crippen molar-refractivity contribution in [2.24, 2.45) is 0 Å². The van der Waals surface area contributed by atoms with Gasteiger partial charge in [-0.2, -0.15) is 0 Å². The lowest BCUT2D eigenvalue weighted by Crippen LogP contribution is -2.44. The zero-order chi connectivity index (χ0) is 16.1. The van der Waals surface area contributed by atoms with Gasteiger partial charge in [0.05, 0.1) is 5.52 Å². The van der Waals surface area contributed by atoms with Crippen molar-refractivity contribution in [1.82, 2.24) is 9.88 Å². The van der Waals surface area contributed by atoms with E-state index in [1.54, 1.807) is 10.6 Å². The van der Waals surface area contributed by atoms with Gasteiger partial charge >= 0.3 is 0 Å². The summed E-state index contributed by atoms with van der Waals surface area (Å²) in [5.41, 5.74) is 1.85. The summed E-state index contributed by atoms with van der Waals surface area (Å²) >= 11 is 0. The molecule has 116 valence electrons. The first-order valence-electron chi connectivity index (χ1n) is 7.77. The minimum absolute atomic E-state index is 0.118. The van der Waals surface area contributed by atoms with Crippen molar-refractivity contribution in [2.45, 2.75) is 52.1 Å². The number of amides is 1. The van der Waals surface area contributed by atoms with Gasteiger partial charge in [-0.3, -0.25) is 9.59 Å². The van der Waals surface area contributed by atoms with Gasteiger partial charge in [0.1, 0.15) is 5.56 Å². The lowest BCUT2D eigenvalue weighted by molar-refractivity contribution is 0.0917. The molecule has 1 unspecified atom stereocenters. The van der Waals surface area contributed by atoms with Crippen LogP contribution in [0.3, 0.4) is 0 Å². The Morgan fingerprint density at radius 2 is 2.05 bits per heavy atom. The molecule has 1 N–H and O–H groups in total. The number of hydrogen-bond acceptors (Lipinski definition) is 2. The van der Waals surface area contributed by atoms with Crippen LogP contribution in [-0.2, 0) is 6.42 Å². The van der Waals surface area contributed by atoms with Gasteiger partial charge in [-0.25, -0.2) is 0 Å². The van der Waals surface area contributed by atoms with E-state index in [0.717, 1.165) is 23.7 Å². The van der Waals surface area contributed by atoms with E-state index >= 15 is 0 Å². The van der Waals surface area contributed by atoms with Crippen molar-refractivity contribution in [3.8, 4) is 0 Å². The fourth-order valence-corrected chi connectivity index (χ4v) is 3.16. The number of nitrogens with zero attached hydrogens (tertiary/aromatic N) is 1. The highest BCUT2D eigenvalue weighted by molar-refractivity contribution is 5.98. The van der Waals surface area contributed by atoms with Crippen LogP contribution in [0.4, 0.5) is 0 Å². The maximum atomic E-state index is 12.8. The predicted octanol–water partition coefficient (Wildman–Crippen LogP) is 3.04. The zero-order valence-electron chi connectivity index (χ0n) is 13.6. The molecule has 1 amide bonds. The van der Waals surface area contributed by atoms with Crippen LogP contribution in [0.25, 0.3) is 10.9 Å². The Labute approximate surface area is 130 Å². The van der Waals surface area contributed by atoms with Gasteiger partial charge < -0.3 is 9.88 Å². The molecule has 1 aliphatic rings. The molecule has 2 aromatic rings. The molecule has 0 saturated carbocycles. The molecule has 3 rings (SSSR count). The first-order chi connectivity index (χ1) is 10.3. The zero-order valence-corrected chi connectivity index (χ0v) is 13.6. The van der Waals surface area contributed by atoms with Gasteiger partial charge in [0.2, 0.25) is 0 Å². The summed E-state index contributed by atoms with van der Waals surface area (Å²) in [6, 6.07) is 7.89. The van der Waals surface area contributed by atoms with Gasteiger partial charge in [-0.05, 0) is 57.6 Å². The summed E-state index contributed by atoms with van der Waals surface area (Å²) in [6.07, 6.45) is 1.90. The first-order valence-corrected chi connectivity index (χ1v) is 7.77. The van der Waals surface area contributed by atoms with E-state index in [2.05, 4.69) is 11.4 Å². The topological polar surface area (TPSA) is 51.1 Å². The highest BCUT2D eigenvalue weighted by Gasteiger charge is 2.25. The molecule has 1 aliphatic heterocycles. The maximum Gasteiger partial charge on any atom is 0.264 e. The Morgan fingerprint density at radius 3 is 2.73 bits per heavy atom. The summed E-state index contributed by atoms with van der Waals surface area (Å²) in [5, 5.41) is 3.85. The number of para-hydroxylation sites is 1. The van der Waals surface area contributed by atoms with Crippen molar-refractivity contribution >= 4 is 16.8 Å². The third-order valence-corrected chi connectivity index (χ3v) is 4.15. The number of aromatic nitrogens is 1. The van der Waals surface area contributed by atoms with Crippen molar-refractivity contribution < 1.29 is 4.79 Å². The molecule has 1 aromatic carbocycles. The van der Waals surface area contributed by atoms with Crippen LogP contribution in [0.1, 0.15) is 56.1 Å². The summed E-state index contributed by atoms with van der Waals surface area (Å²) in [4.78, 5) is 25.3. The van der Waals surface area contributed by atoms with Crippen molar-refractivity contribution in [3.63, 3.8) is 0 Å². The van der Waals surface area contributed by atoms with E-state index in [1.165, 1.54) is 5.56 Å². The fraction of sp³-hybridized carbons (Fsp3) is 0.444. The van der Waals surface area contributed by atoms with Crippen molar-refractivity contribution in [2.75, 3.05) is 0 Å². The number of pyridine rings is 1. The van der Waals surface area contributed by atoms with E-state index in [9.17, 15) is 9.59 Å². The molecule has 4 nitrogen and oxygen atoms in total. The molecule has 4 heteroatoms. The molecule has 0 aliphatic carbocycles. The maximum absolute atomic E-state index is 12.8. The Hall–Kier alpha value is -2.10. The van der Waals surface area contributed by atoms with Crippen LogP contribution in [0, 0.1) is 0 Å². The minimum Gasteiger partial charge on any atom is -0.347 e. The second-order valence-electron chi connectivity index (χ2n) is 7.18. The molecule has 22 heavy (non-hydrogen) atoms. The monoisotopic (exact) mass is 298 g/mol. The number of aryl methyl sites for hydroxylation is 1. The lowest BCUT2D eigenvalue weighted by Gasteiger charge is -2.26. The van der Waals surface area contributed by atoms with Crippen LogP contribution in [-0.4, -0.2) is 16.0 Å². The minimum atomic E-state index is -0.367. The number of nitrogens with one attached hydrogen (secondary N) is 1. The second kappa shape index (κ2) is 4.97. The molecule has 0 saturated heterocycles. The van der Waals surface area contributed by atoms with E-state index < -0.39 is 0 Å². The number of hydrogen-bond donors (Lipinski definition) is 1. The second-order valence-corrected chi connectivity index (χ2v) is 7.18. The van der Waals surface area contributed by atoms with E-state index in [1.807, 2.05) is 39.8 Å². The molecule has 0 fully saturated rings. The third-order valence-electron chi connectivity index (χ3n) is 4.15. The van der Waals surface area contributed by atoms with Gasteiger partial charge in [0.25, 0.3) is 11.5 Å². The average Bonchev–Trinajstić information content (AvgIpc) is 2.42. The molecule has 0 radical (unpaired) electrons. The summed E-state index contributed by atoms with van der Waals surface area (Å²) < 4.78 is 1.80. The molecule has 0 bridgehead atoms. The van der Waals surface area contributed by atoms with Crippen molar-refractivity contribution in [3.05, 3.63) is 45.7 Å². The standard InChI is InChI=1S/C18H22N2O2/c1-11-8-9-12-6-5-7-13-10-14(16(21)19-18(2,3)4)17(22)20(11)15(12)13/h5-7,10-11H,8-9H2,1-4H3,(H,19,21). The molecule has 0 spiro atoms. The van der Waals surface area contributed by atoms with Gasteiger partial charge in [0.15, 0.2) is 0 Å². The number of rotatable bonds is 1. The predicted molar refractivity (Wildman–Crippen MR) is 88.5 cm³/mol. The molecule has 1 atom stereocenters. The van der Waals surface area contributed by atoms with E-state index in [0.29, 0.717) is 0 Å². The van der Waals surface area contributed by atoms with Gasteiger partial charge in [0, 0.05) is 11.6 Å². The Morgan fingerprint density at radius 1 is 1.32 bits per heavy atom. The van der Waals surface area contributed by atoms with Crippen LogP contribution < -0.4 is 10.9 Å². The highest BCUT2D eigenvalue weighted by Crippen LogP contribution is 2.29. The lowest BCUT2D eigenvalue weighted by atomic mass is 9.96. The molecule has 1 aromatic heterocycles.